The molecule has 0 aromatic rings. The summed E-state index contributed by atoms with van der Waals surface area (Å²) in [6.07, 6.45) is 0. The van der Waals surface area contributed by atoms with Crippen LogP contribution in [-0.4, -0.2) is 25.5 Å². The van der Waals surface area contributed by atoms with Crippen LogP contribution in [0, 0.1) is 17.8 Å². The minimum absolute atomic E-state index is 0.100. The highest BCUT2D eigenvalue weighted by Crippen LogP contribution is 2.19. The van der Waals surface area contributed by atoms with Crippen LogP contribution in [0.3, 0.4) is 0 Å². The first kappa shape index (κ1) is 14.4. The molecule has 0 bridgehead atoms. The summed E-state index contributed by atoms with van der Waals surface area (Å²) in [7, 11) is 0. The van der Waals surface area contributed by atoms with Crippen LogP contribution in [0.4, 0.5) is 0 Å². The highest BCUT2D eigenvalue weighted by molar-refractivity contribution is 5.77. The Bertz CT molecular complexity index is 170. The molecule has 0 unspecified atom stereocenters. The van der Waals surface area contributed by atoms with E-state index < -0.39 is 0 Å². The van der Waals surface area contributed by atoms with Crippen molar-refractivity contribution in [2.45, 2.75) is 34.6 Å². The molecule has 1 amide bonds. The Morgan fingerprint density at radius 1 is 1.13 bits per heavy atom. The monoisotopic (exact) mass is 214 g/mol. The molecule has 0 spiro atoms. The number of hydrogen-bond acceptors (Lipinski definition) is 2. The summed E-state index contributed by atoms with van der Waals surface area (Å²) in [6.45, 7) is 12.9. The fourth-order valence-corrected chi connectivity index (χ4v) is 1.77. The summed E-state index contributed by atoms with van der Waals surface area (Å²) < 4.78 is 0. The molecule has 0 aliphatic heterocycles. The first-order valence-corrected chi connectivity index (χ1v) is 5.96. The van der Waals surface area contributed by atoms with E-state index in [4.69, 9.17) is 0 Å². The minimum Gasteiger partial charge on any atom is -0.355 e. The van der Waals surface area contributed by atoms with Gasteiger partial charge in [-0.15, -0.1) is 0 Å². The Morgan fingerprint density at radius 2 is 1.67 bits per heavy atom. The third-order valence-corrected chi connectivity index (χ3v) is 2.78. The van der Waals surface area contributed by atoms with E-state index in [1.807, 2.05) is 6.92 Å². The maximum Gasteiger partial charge on any atom is 0.233 e. The second kappa shape index (κ2) is 7.69. The number of nitrogens with one attached hydrogen (secondary N) is 2. The van der Waals surface area contributed by atoms with Gasteiger partial charge in [0.25, 0.3) is 0 Å². The lowest BCUT2D eigenvalue weighted by molar-refractivity contribution is -0.120. The van der Waals surface area contributed by atoms with Crippen LogP contribution in [0.25, 0.3) is 0 Å². The lowest BCUT2D eigenvalue weighted by Crippen LogP contribution is -2.38. The number of rotatable bonds is 7. The van der Waals surface area contributed by atoms with E-state index in [1.165, 1.54) is 0 Å². The zero-order valence-corrected chi connectivity index (χ0v) is 10.8. The molecule has 90 valence electrons. The first-order valence-electron chi connectivity index (χ1n) is 5.96. The van der Waals surface area contributed by atoms with Crippen molar-refractivity contribution in [1.82, 2.24) is 10.6 Å². The van der Waals surface area contributed by atoms with Crippen LogP contribution in [0.5, 0.6) is 0 Å². The molecule has 2 N–H and O–H groups in total. The number of likely N-dealkylation sites (N-methyl/N-ethyl adjacent to an activating group) is 1. The quantitative estimate of drug-likeness (QED) is 0.676. The van der Waals surface area contributed by atoms with Crippen molar-refractivity contribution >= 4 is 5.91 Å². The number of amides is 1. The molecular formula is C12H26N2O. The van der Waals surface area contributed by atoms with Gasteiger partial charge in [-0.05, 0) is 24.3 Å². The zero-order chi connectivity index (χ0) is 11.8. The average Bonchev–Trinajstić information content (AvgIpc) is 2.13. The summed E-state index contributed by atoms with van der Waals surface area (Å²) in [5, 5.41) is 6.00. The maximum atomic E-state index is 11.4. The van der Waals surface area contributed by atoms with E-state index in [1.54, 1.807) is 0 Å². The molecule has 0 aromatic heterocycles. The maximum absolute atomic E-state index is 11.4. The Hall–Kier alpha value is -0.570. The highest BCUT2D eigenvalue weighted by Gasteiger charge is 2.17. The largest absolute Gasteiger partial charge is 0.355 e. The van der Waals surface area contributed by atoms with Crippen molar-refractivity contribution in [3.05, 3.63) is 0 Å². The summed E-state index contributed by atoms with van der Waals surface area (Å²) in [5.74, 6) is 1.90. The lowest BCUT2D eigenvalue weighted by Gasteiger charge is -2.25. The van der Waals surface area contributed by atoms with Crippen molar-refractivity contribution in [3.8, 4) is 0 Å². The minimum atomic E-state index is 0.100. The fourth-order valence-electron chi connectivity index (χ4n) is 1.77. The van der Waals surface area contributed by atoms with Gasteiger partial charge in [-0.2, -0.15) is 0 Å². The molecule has 3 heteroatoms. The Labute approximate surface area is 94.0 Å². The third-order valence-electron chi connectivity index (χ3n) is 2.78. The Kier molecular flexibility index (Phi) is 7.39. The van der Waals surface area contributed by atoms with Gasteiger partial charge < -0.3 is 10.6 Å². The van der Waals surface area contributed by atoms with Gasteiger partial charge in [0.05, 0.1) is 6.54 Å². The molecule has 15 heavy (non-hydrogen) atoms. The zero-order valence-electron chi connectivity index (χ0n) is 10.8. The Balaban J connectivity index is 3.84. The molecule has 0 radical (unpaired) electrons. The molecule has 0 aromatic carbocycles. The van der Waals surface area contributed by atoms with Crippen molar-refractivity contribution in [2.24, 2.45) is 17.8 Å². The molecular weight excluding hydrogens is 188 g/mol. The van der Waals surface area contributed by atoms with Crippen LogP contribution >= 0.6 is 0 Å². The van der Waals surface area contributed by atoms with Crippen molar-refractivity contribution in [1.29, 1.82) is 0 Å². The smallest absolute Gasteiger partial charge is 0.233 e. The van der Waals surface area contributed by atoms with E-state index in [0.717, 1.165) is 13.1 Å². The Morgan fingerprint density at radius 3 is 2.07 bits per heavy atom. The van der Waals surface area contributed by atoms with Gasteiger partial charge in [0.1, 0.15) is 0 Å². The average molecular weight is 214 g/mol. The summed E-state index contributed by atoms with van der Waals surface area (Å²) in [6, 6.07) is 0. The molecule has 3 nitrogen and oxygen atoms in total. The van der Waals surface area contributed by atoms with Gasteiger partial charge in [0.2, 0.25) is 5.91 Å². The van der Waals surface area contributed by atoms with Crippen LogP contribution in [0.15, 0.2) is 0 Å². The predicted molar refractivity (Wildman–Crippen MR) is 64.7 cm³/mol. The normalized spacial score (nSPS) is 11.5. The van der Waals surface area contributed by atoms with Crippen LogP contribution < -0.4 is 10.6 Å². The second-order valence-corrected chi connectivity index (χ2v) is 4.74. The highest BCUT2D eigenvalue weighted by atomic mass is 16.1. The first-order chi connectivity index (χ1) is 6.99. The molecule has 0 saturated carbocycles. The van der Waals surface area contributed by atoms with Crippen molar-refractivity contribution < 1.29 is 4.79 Å². The number of carbonyl (C=O) groups excluding carboxylic acids is 1. The lowest BCUT2D eigenvalue weighted by atomic mass is 9.85. The topological polar surface area (TPSA) is 41.1 Å². The molecule has 0 fully saturated rings. The van der Waals surface area contributed by atoms with Gasteiger partial charge in [-0.3, -0.25) is 4.79 Å². The van der Waals surface area contributed by atoms with Crippen LogP contribution in [0.2, 0.25) is 0 Å². The van der Waals surface area contributed by atoms with Crippen molar-refractivity contribution in [3.63, 3.8) is 0 Å². The van der Waals surface area contributed by atoms with E-state index in [-0.39, 0.29) is 5.91 Å². The number of hydrogen-bond donors (Lipinski definition) is 2. The summed E-state index contributed by atoms with van der Waals surface area (Å²) >= 11 is 0. The summed E-state index contributed by atoms with van der Waals surface area (Å²) in [4.78, 5) is 11.4. The molecule has 0 atom stereocenters. The van der Waals surface area contributed by atoms with Gasteiger partial charge in [-0.25, -0.2) is 0 Å². The van der Waals surface area contributed by atoms with Gasteiger partial charge in [-0.1, -0.05) is 34.6 Å². The molecule has 0 saturated heterocycles. The molecule has 0 heterocycles. The van der Waals surface area contributed by atoms with Crippen LogP contribution in [-0.2, 0) is 4.79 Å². The van der Waals surface area contributed by atoms with Crippen LogP contribution in [0.1, 0.15) is 34.6 Å². The SMILES string of the molecule is CCNCC(=O)NCC(C(C)C)C(C)C. The second-order valence-electron chi connectivity index (χ2n) is 4.74. The fraction of sp³-hybridized carbons (Fsp3) is 0.917. The predicted octanol–water partition coefficient (Wildman–Crippen LogP) is 1.64. The van der Waals surface area contributed by atoms with E-state index in [9.17, 15) is 4.79 Å². The standard InChI is InChI=1S/C12H26N2O/c1-6-13-8-12(15)14-7-11(9(2)3)10(4)5/h9-11,13H,6-8H2,1-5H3,(H,14,15). The van der Waals surface area contributed by atoms with E-state index >= 15 is 0 Å². The summed E-state index contributed by atoms with van der Waals surface area (Å²) in [5.41, 5.74) is 0. The van der Waals surface area contributed by atoms with Gasteiger partial charge >= 0.3 is 0 Å². The number of carbonyl (C=O) groups is 1. The van der Waals surface area contributed by atoms with Gasteiger partial charge in [0, 0.05) is 6.54 Å². The van der Waals surface area contributed by atoms with Gasteiger partial charge in [0.15, 0.2) is 0 Å². The molecule has 0 aliphatic carbocycles. The molecule has 0 aliphatic rings. The third kappa shape index (κ3) is 6.50. The van der Waals surface area contributed by atoms with E-state index in [2.05, 4.69) is 38.3 Å². The molecule has 0 rings (SSSR count). The van der Waals surface area contributed by atoms with E-state index in [0.29, 0.717) is 24.3 Å². The van der Waals surface area contributed by atoms with Crippen molar-refractivity contribution in [2.75, 3.05) is 19.6 Å².